The van der Waals surface area contributed by atoms with Gasteiger partial charge in [-0.05, 0) is 30.3 Å². The van der Waals surface area contributed by atoms with E-state index in [2.05, 4.69) is 4.98 Å². The standard InChI is InChI=1S/C16H15F2N3/c1-9(2)16-20-13-8-11(19)4-6-14(13)21(16)15-7-10(17)3-5-12(15)18/h3-9H,19H2,1-2H3. The summed E-state index contributed by atoms with van der Waals surface area (Å²) in [6.45, 7) is 3.91. The predicted octanol–water partition coefficient (Wildman–Crippen LogP) is 4.01. The van der Waals surface area contributed by atoms with Gasteiger partial charge in [-0.1, -0.05) is 13.8 Å². The number of fused-ring (bicyclic) bond motifs is 1. The second-order valence-corrected chi connectivity index (χ2v) is 5.30. The number of hydrogen-bond donors (Lipinski definition) is 1. The number of nitrogens with zero attached hydrogens (tertiary/aromatic N) is 2. The highest BCUT2D eigenvalue weighted by Gasteiger charge is 2.18. The van der Waals surface area contributed by atoms with Crippen molar-refractivity contribution in [1.82, 2.24) is 9.55 Å². The summed E-state index contributed by atoms with van der Waals surface area (Å²) in [5, 5.41) is 0. The summed E-state index contributed by atoms with van der Waals surface area (Å²) < 4.78 is 29.3. The van der Waals surface area contributed by atoms with E-state index in [0.717, 1.165) is 12.1 Å². The van der Waals surface area contributed by atoms with E-state index in [1.807, 2.05) is 13.8 Å². The molecule has 3 nitrogen and oxygen atoms in total. The lowest BCUT2D eigenvalue weighted by molar-refractivity contribution is 0.589. The van der Waals surface area contributed by atoms with Gasteiger partial charge < -0.3 is 5.73 Å². The SMILES string of the molecule is CC(C)c1nc2cc(N)ccc2n1-c1cc(F)ccc1F. The van der Waals surface area contributed by atoms with E-state index in [-0.39, 0.29) is 11.6 Å². The number of rotatable bonds is 2. The minimum Gasteiger partial charge on any atom is -0.399 e. The Hall–Kier alpha value is -2.43. The molecule has 0 spiro atoms. The van der Waals surface area contributed by atoms with E-state index in [4.69, 9.17) is 5.73 Å². The average molecular weight is 287 g/mol. The highest BCUT2D eigenvalue weighted by Crippen LogP contribution is 2.28. The first-order chi connectivity index (χ1) is 9.97. The Morgan fingerprint density at radius 3 is 2.57 bits per heavy atom. The minimum atomic E-state index is -0.491. The highest BCUT2D eigenvalue weighted by molar-refractivity contribution is 5.81. The number of benzene rings is 2. The third kappa shape index (κ3) is 2.24. The number of aromatic nitrogens is 2. The number of anilines is 1. The number of hydrogen-bond acceptors (Lipinski definition) is 2. The largest absolute Gasteiger partial charge is 0.399 e. The quantitative estimate of drug-likeness (QED) is 0.724. The van der Waals surface area contributed by atoms with Gasteiger partial charge in [0.05, 0.1) is 16.7 Å². The number of imidazole rings is 1. The van der Waals surface area contributed by atoms with Crippen molar-refractivity contribution >= 4 is 16.7 Å². The molecule has 0 unspecified atom stereocenters. The van der Waals surface area contributed by atoms with Crippen LogP contribution in [0, 0.1) is 11.6 Å². The van der Waals surface area contributed by atoms with Crippen LogP contribution in [-0.2, 0) is 0 Å². The second kappa shape index (κ2) is 4.84. The van der Waals surface area contributed by atoms with Crippen molar-refractivity contribution in [3.8, 4) is 5.69 Å². The van der Waals surface area contributed by atoms with Crippen molar-refractivity contribution in [3.63, 3.8) is 0 Å². The normalized spacial score (nSPS) is 11.5. The monoisotopic (exact) mass is 287 g/mol. The van der Waals surface area contributed by atoms with Crippen LogP contribution in [0.15, 0.2) is 36.4 Å². The smallest absolute Gasteiger partial charge is 0.147 e. The van der Waals surface area contributed by atoms with Crippen molar-refractivity contribution in [2.75, 3.05) is 5.73 Å². The Morgan fingerprint density at radius 2 is 1.86 bits per heavy atom. The summed E-state index contributed by atoms with van der Waals surface area (Å²) in [7, 11) is 0. The van der Waals surface area contributed by atoms with Gasteiger partial charge in [-0.25, -0.2) is 13.8 Å². The van der Waals surface area contributed by atoms with Gasteiger partial charge in [0.15, 0.2) is 0 Å². The Bertz CT molecular complexity index is 822. The molecule has 0 bridgehead atoms. The topological polar surface area (TPSA) is 43.8 Å². The van der Waals surface area contributed by atoms with Crippen molar-refractivity contribution in [3.05, 3.63) is 53.9 Å². The second-order valence-electron chi connectivity index (χ2n) is 5.30. The number of nitrogens with two attached hydrogens (primary N) is 1. The Labute approximate surface area is 121 Å². The van der Waals surface area contributed by atoms with E-state index in [0.29, 0.717) is 22.5 Å². The summed E-state index contributed by atoms with van der Waals surface area (Å²) in [5.74, 6) is -0.255. The molecule has 3 aromatic rings. The van der Waals surface area contributed by atoms with Crippen LogP contribution >= 0.6 is 0 Å². The molecule has 5 heteroatoms. The molecule has 0 aliphatic rings. The van der Waals surface area contributed by atoms with Crippen molar-refractivity contribution in [2.45, 2.75) is 19.8 Å². The molecule has 108 valence electrons. The highest BCUT2D eigenvalue weighted by atomic mass is 19.1. The number of halogens is 2. The fourth-order valence-electron chi connectivity index (χ4n) is 2.41. The van der Waals surface area contributed by atoms with E-state index in [9.17, 15) is 8.78 Å². The zero-order chi connectivity index (χ0) is 15.1. The maximum Gasteiger partial charge on any atom is 0.147 e. The lowest BCUT2D eigenvalue weighted by Crippen LogP contribution is -2.05. The van der Waals surface area contributed by atoms with E-state index in [1.165, 1.54) is 6.07 Å². The fourth-order valence-corrected chi connectivity index (χ4v) is 2.41. The molecule has 0 amide bonds. The molecule has 3 rings (SSSR count). The maximum atomic E-state index is 14.1. The summed E-state index contributed by atoms with van der Waals surface area (Å²) in [4.78, 5) is 4.51. The van der Waals surface area contributed by atoms with Crippen molar-refractivity contribution < 1.29 is 8.78 Å². The summed E-state index contributed by atoms with van der Waals surface area (Å²) in [6, 6.07) is 8.63. The van der Waals surface area contributed by atoms with Gasteiger partial charge in [0.2, 0.25) is 0 Å². The van der Waals surface area contributed by atoms with E-state index >= 15 is 0 Å². The Kier molecular flexibility index (Phi) is 3.12. The lowest BCUT2D eigenvalue weighted by atomic mass is 10.2. The van der Waals surface area contributed by atoms with E-state index < -0.39 is 11.6 Å². The molecule has 0 radical (unpaired) electrons. The van der Waals surface area contributed by atoms with Gasteiger partial charge in [0, 0.05) is 17.7 Å². The fraction of sp³-hybridized carbons (Fsp3) is 0.188. The van der Waals surface area contributed by atoms with Crippen LogP contribution in [-0.4, -0.2) is 9.55 Å². The van der Waals surface area contributed by atoms with Gasteiger partial charge >= 0.3 is 0 Å². The summed E-state index contributed by atoms with van der Waals surface area (Å²) in [5.41, 5.74) is 7.89. The van der Waals surface area contributed by atoms with Crippen LogP contribution < -0.4 is 5.73 Å². The third-order valence-electron chi connectivity index (χ3n) is 3.37. The Morgan fingerprint density at radius 1 is 1.10 bits per heavy atom. The third-order valence-corrected chi connectivity index (χ3v) is 3.37. The molecular weight excluding hydrogens is 272 g/mol. The average Bonchev–Trinajstić information content (AvgIpc) is 2.80. The van der Waals surface area contributed by atoms with Gasteiger partial charge in [0.25, 0.3) is 0 Å². The van der Waals surface area contributed by atoms with Crippen molar-refractivity contribution in [2.24, 2.45) is 0 Å². The van der Waals surface area contributed by atoms with Gasteiger partial charge in [-0.2, -0.15) is 0 Å². The van der Waals surface area contributed by atoms with Crippen LogP contribution in [0.3, 0.4) is 0 Å². The molecule has 21 heavy (non-hydrogen) atoms. The first-order valence-electron chi connectivity index (χ1n) is 6.70. The maximum absolute atomic E-state index is 14.1. The first-order valence-corrected chi connectivity index (χ1v) is 6.70. The minimum absolute atomic E-state index is 0.0568. The summed E-state index contributed by atoms with van der Waals surface area (Å²) >= 11 is 0. The lowest BCUT2D eigenvalue weighted by Gasteiger charge is -2.12. The van der Waals surface area contributed by atoms with Gasteiger partial charge in [-0.15, -0.1) is 0 Å². The molecule has 2 N–H and O–H groups in total. The zero-order valence-electron chi connectivity index (χ0n) is 11.8. The van der Waals surface area contributed by atoms with Crippen LogP contribution in [0.25, 0.3) is 16.7 Å². The van der Waals surface area contributed by atoms with Crippen LogP contribution in [0.2, 0.25) is 0 Å². The molecule has 0 saturated heterocycles. The van der Waals surface area contributed by atoms with Crippen molar-refractivity contribution in [1.29, 1.82) is 0 Å². The summed E-state index contributed by atoms with van der Waals surface area (Å²) in [6.07, 6.45) is 0. The van der Waals surface area contributed by atoms with Crippen LogP contribution in [0.5, 0.6) is 0 Å². The Balaban J connectivity index is 2.39. The molecule has 0 atom stereocenters. The predicted molar refractivity (Wildman–Crippen MR) is 79.5 cm³/mol. The molecule has 1 heterocycles. The van der Waals surface area contributed by atoms with Gasteiger partial charge in [-0.3, -0.25) is 4.57 Å². The molecule has 1 aromatic heterocycles. The molecule has 0 aliphatic heterocycles. The molecule has 0 aliphatic carbocycles. The van der Waals surface area contributed by atoms with Crippen LogP contribution in [0.1, 0.15) is 25.6 Å². The van der Waals surface area contributed by atoms with E-state index in [1.54, 1.807) is 22.8 Å². The zero-order valence-corrected chi connectivity index (χ0v) is 11.8. The first kappa shape index (κ1) is 13.5. The molecular formula is C16H15F2N3. The van der Waals surface area contributed by atoms with Crippen LogP contribution in [0.4, 0.5) is 14.5 Å². The number of nitrogen functional groups attached to an aromatic ring is 1. The molecule has 0 saturated carbocycles. The molecule has 0 fully saturated rings. The van der Waals surface area contributed by atoms with Gasteiger partial charge in [0.1, 0.15) is 17.5 Å². The molecule has 2 aromatic carbocycles.